The molecule has 0 radical (unpaired) electrons. The Morgan fingerprint density at radius 1 is 1.18 bits per heavy atom. The number of nitrogen functional groups attached to an aromatic ring is 1. The van der Waals surface area contributed by atoms with Crippen molar-refractivity contribution in [3.63, 3.8) is 0 Å². The normalized spacial score (nSPS) is 12.6. The van der Waals surface area contributed by atoms with E-state index in [1.165, 1.54) is 25.7 Å². The number of anilines is 1. The van der Waals surface area contributed by atoms with E-state index in [1.807, 2.05) is 25.1 Å². The van der Waals surface area contributed by atoms with Crippen LogP contribution in [0.2, 0.25) is 0 Å². The molecule has 0 aromatic heterocycles. The summed E-state index contributed by atoms with van der Waals surface area (Å²) in [6.45, 7) is 4.15. The minimum atomic E-state index is -0.891. The summed E-state index contributed by atoms with van der Waals surface area (Å²) >= 11 is 0. The van der Waals surface area contributed by atoms with Gasteiger partial charge in [-0.25, -0.2) is 0 Å². The van der Waals surface area contributed by atoms with E-state index in [0.29, 0.717) is 0 Å². The molecule has 0 amide bonds. The first-order valence-electron chi connectivity index (χ1n) is 6.40. The van der Waals surface area contributed by atoms with Gasteiger partial charge in [0, 0.05) is 16.3 Å². The van der Waals surface area contributed by atoms with E-state index < -0.39 is 10.8 Å². The van der Waals surface area contributed by atoms with E-state index in [9.17, 15) is 4.21 Å². The topological polar surface area (TPSA) is 43.1 Å². The van der Waals surface area contributed by atoms with Gasteiger partial charge in [0.25, 0.3) is 0 Å². The Balaban J connectivity index is 2.44. The van der Waals surface area contributed by atoms with Crippen LogP contribution in [0.5, 0.6) is 0 Å². The number of hydrogen-bond donors (Lipinski definition) is 1. The van der Waals surface area contributed by atoms with Crippen LogP contribution in [0, 0.1) is 6.92 Å². The van der Waals surface area contributed by atoms with E-state index in [0.717, 1.165) is 28.3 Å². The summed E-state index contributed by atoms with van der Waals surface area (Å²) in [7, 11) is -0.891. The van der Waals surface area contributed by atoms with Crippen LogP contribution in [-0.2, 0) is 10.8 Å². The second kappa shape index (κ2) is 7.49. The highest BCUT2D eigenvalue weighted by Crippen LogP contribution is 2.20. The second-order valence-corrected chi connectivity index (χ2v) is 5.97. The summed E-state index contributed by atoms with van der Waals surface area (Å²) in [5.74, 6) is 0.758. The van der Waals surface area contributed by atoms with Crippen LogP contribution in [-0.4, -0.2) is 9.96 Å². The highest BCUT2D eigenvalue weighted by Gasteiger charge is 2.08. The SMILES string of the molecule is CCCCCCCS(=O)c1cccc(N)c1C. The van der Waals surface area contributed by atoms with Crippen molar-refractivity contribution in [2.45, 2.75) is 50.8 Å². The molecule has 0 aliphatic carbocycles. The van der Waals surface area contributed by atoms with Crippen LogP contribution in [0.25, 0.3) is 0 Å². The third-order valence-corrected chi connectivity index (χ3v) is 4.60. The van der Waals surface area contributed by atoms with Crippen LogP contribution in [0.4, 0.5) is 5.69 Å². The van der Waals surface area contributed by atoms with Crippen LogP contribution < -0.4 is 5.73 Å². The molecule has 96 valence electrons. The molecule has 1 aromatic carbocycles. The van der Waals surface area contributed by atoms with Crippen molar-refractivity contribution in [1.29, 1.82) is 0 Å². The molecule has 0 aliphatic heterocycles. The molecule has 0 heterocycles. The maximum Gasteiger partial charge on any atom is 0.0532 e. The average Bonchev–Trinajstić information content (AvgIpc) is 2.32. The number of unbranched alkanes of at least 4 members (excludes halogenated alkanes) is 4. The Morgan fingerprint density at radius 2 is 1.88 bits per heavy atom. The van der Waals surface area contributed by atoms with Crippen molar-refractivity contribution in [1.82, 2.24) is 0 Å². The first-order chi connectivity index (χ1) is 8.16. The summed E-state index contributed by atoms with van der Waals surface area (Å²) in [5, 5.41) is 0. The van der Waals surface area contributed by atoms with Gasteiger partial charge in [0.1, 0.15) is 0 Å². The van der Waals surface area contributed by atoms with E-state index in [4.69, 9.17) is 5.73 Å². The van der Waals surface area contributed by atoms with Crippen molar-refractivity contribution in [2.24, 2.45) is 0 Å². The Labute approximate surface area is 107 Å². The number of benzene rings is 1. The second-order valence-electron chi connectivity index (χ2n) is 4.43. The van der Waals surface area contributed by atoms with Crippen molar-refractivity contribution in [3.05, 3.63) is 23.8 Å². The summed E-state index contributed by atoms with van der Waals surface area (Å²) in [6, 6.07) is 5.66. The summed E-state index contributed by atoms with van der Waals surface area (Å²) in [4.78, 5) is 0.903. The van der Waals surface area contributed by atoms with Gasteiger partial charge >= 0.3 is 0 Å². The van der Waals surface area contributed by atoms with Crippen LogP contribution in [0.3, 0.4) is 0 Å². The van der Waals surface area contributed by atoms with Crippen molar-refractivity contribution in [2.75, 3.05) is 11.5 Å². The maximum atomic E-state index is 12.1. The molecule has 17 heavy (non-hydrogen) atoms. The highest BCUT2D eigenvalue weighted by atomic mass is 32.2. The standard InChI is InChI=1S/C14H23NOS/c1-3-4-5-6-7-11-17(16)14-10-8-9-13(15)12(14)2/h8-10H,3-7,11,15H2,1-2H3. The van der Waals surface area contributed by atoms with Gasteiger partial charge < -0.3 is 5.73 Å². The highest BCUT2D eigenvalue weighted by molar-refractivity contribution is 7.85. The van der Waals surface area contributed by atoms with Gasteiger partial charge in [0.2, 0.25) is 0 Å². The molecule has 1 unspecified atom stereocenters. The minimum Gasteiger partial charge on any atom is -0.398 e. The summed E-state index contributed by atoms with van der Waals surface area (Å²) < 4.78 is 12.1. The lowest BCUT2D eigenvalue weighted by Crippen LogP contribution is -2.02. The third kappa shape index (κ3) is 4.50. The molecule has 0 saturated heterocycles. The predicted molar refractivity (Wildman–Crippen MR) is 75.6 cm³/mol. The molecule has 2 N–H and O–H groups in total. The van der Waals surface area contributed by atoms with Crippen molar-refractivity contribution in [3.8, 4) is 0 Å². The van der Waals surface area contributed by atoms with Gasteiger partial charge in [0.15, 0.2) is 0 Å². The molecule has 0 bridgehead atoms. The molecule has 0 spiro atoms. The molecule has 2 nitrogen and oxygen atoms in total. The average molecular weight is 253 g/mol. The van der Waals surface area contributed by atoms with E-state index in [1.54, 1.807) is 0 Å². The molecule has 1 aromatic rings. The number of hydrogen-bond acceptors (Lipinski definition) is 2. The fraction of sp³-hybridized carbons (Fsp3) is 0.571. The van der Waals surface area contributed by atoms with Gasteiger partial charge in [-0.15, -0.1) is 0 Å². The lowest BCUT2D eigenvalue weighted by molar-refractivity contribution is 0.647. The lowest BCUT2D eigenvalue weighted by Gasteiger charge is -2.08. The van der Waals surface area contributed by atoms with Gasteiger partial charge in [-0.3, -0.25) is 4.21 Å². The van der Waals surface area contributed by atoms with Crippen LogP contribution in [0.15, 0.2) is 23.1 Å². The first-order valence-corrected chi connectivity index (χ1v) is 7.72. The molecule has 3 heteroatoms. The zero-order chi connectivity index (χ0) is 12.7. The third-order valence-electron chi connectivity index (χ3n) is 3.00. The largest absolute Gasteiger partial charge is 0.398 e. The molecular formula is C14H23NOS. The molecular weight excluding hydrogens is 230 g/mol. The predicted octanol–water partition coefficient (Wildman–Crippen LogP) is 3.66. The van der Waals surface area contributed by atoms with E-state index in [2.05, 4.69) is 6.92 Å². The zero-order valence-corrected chi connectivity index (χ0v) is 11.7. The molecule has 0 fully saturated rings. The first kappa shape index (κ1) is 14.2. The van der Waals surface area contributed by atoms with Gasteiger partial charge in [0.05, 0.1) is 10.8 Å². The molecule has 1 atom stereocenters. The van der Waals surface area contributed by atoms with Crippen LogP contribution >= 0.6 is 0 Å². The summed E-state index contributed by atoms with van der Waals surface area (Å²) in [6.07, 6.45) is 6.01. The zero-order valence-electron chi connectivity index (χ0n) is 10.9. The van der Waals surface area contributed by atoms with Crippen molar-refractivity contribution >= 4 is 16.5 Å². The number of rotatable bonds is 7. The Bertz CT molecular complexity index is 376. The Hall–Kier alpha value is -0.830. The smallest absolute Gasteiger partial charge is 0.0532 e. The molecule has 1 rings (SSSR count). The van der Waals surface area contributed by atoms with E-state index >= 15 is 0 Å². The maximum absolute atomic E-state index is 12.1. The molecule has 0 aliphatic rings. The van der Waals surface area contributed by atoms with Crippen LogP contribution in [0.1, 0.15) is 44.6 Å². The van der Waals surface area contributed by atoms with Gasteiger partial charge in [-0.2, -0.15) is 0 Å². The van der Waals surface area contributed by atoms with Gasteiger partial charge in [-0.1, -0.05) is 38.7 Å². The summed E-state index contributed by atoms with van der Waals surface area (Å²) in [5.41, 5.74) is 7.53. The quantitative estimate of drug-likeness (QED) is 0.595. The molecule has 0 saturated carbocycles. The number of nitrogens with two attached hydrogens (primary N) is 1. The fourth-order valence-electron chi connectivity index (χ4n) is 1.82. The minimum absolute atomic E-state index is 0.738. The Morgan fingerprint density at radius 3 is 2.59 bits per heavy atom. The van der Waals surface area contributed by atoms with E-state index in [-0.39, 0.29) is 0 Å². The van der Waals surface area contributed by atoms with Gasteiger partial charge in [-0.05, 0) is 31.0 Å². The lowest BCUT2D eigenvalue weighted by atomic mass is 10.2. The fourth-order valence-corrected chi connectivity index (χ4v) is 3.20. The monoisotopic (exact) mass is 253 g/mol. The van der Waals surface area contributed by atoms with Crippen molar-refractivity contribution < 1.29 is 4.21 Å². The Kier molecular flexibility index (Phi) is 6.27.